The van der Waals surface area contributed by atoms with Crippen LogP contribution in [0.4, 0.5) is 10.5 Å². The molecule has 2 atom stereocenters. The van der Waals surface area contributed by atoms with E-state index in [1.165, 1.54) is 17.3 Å². The van der Waals surface area contributed by atoms with Gasteiger partial charge >= 0.3 is 12.0 Å². The van der Waals surface area contributed by atoms with E-state index in [9.17, 15) is 22.8 Å². The first kappa shape index (κ1) is 21.7. The molecule has 0 bridgehead atoms. The first-order valence-corrected chi connectivity index (χ1v) is 10.7. The molecule has 2 N–H and O–H groups in total. The van der Waals surface area contributed by atoms with Crippen molar-refractivity contribution < 1.29 is 27.5 Å². The van der Waals surface area contributed by atoms with Crippen LogP contribution in [-0.2, 0) is 26.0 Å². The highest BCUT2D eigenvalue weighted by molar-refractivity contribution is 7.92. The van der Waals surface area contributed by atoms with Crippen LogP contribution in [0.25, 0.3) is 0 Å². The Morgan fingerprint density at radius 1 is 1.21 bits per heavy atom. The second kappa shape index (κ2) is 8.17. The lowest BCUT2D eigenvalue weighted by Gasteiger charge is -2.22. The third-order valence-electron chi connectivity index (χ3n) is 4.14. The van der Waals surface area contributed by atoms with Crippen LogP contribution in [0.1, 0.15) is 43.6 Å². The Labute approximate surface area is 164 Å². The van der Waals surface area contributed by atoms with E-state index in [2.05, 4.69) is 10.6 Å². The number of hydrogen-bond acceptors (Lipinski definition) is 6. The van der Waals surface area contributed by atoms with Crippen molar-refractivity contribution in [3.63, 3.8) is 0 Å². The topological polar surface area (TPSA) is 122 Å². The van der Waals surface area contributed by atoms with Crippen LogP contribution in [-0.4, -0.2) is 50.8 Å². The Kier molecular flexibility index (Phi) is 6.33. The van der Waals surface area contributed by atoms with Crippen molar-refractivity contribution in [2.45, 2.75) is 52.3 Å². The molecule has 0 radical (unpaired) electrons. The maximum absolute atomic E-state index is 12.3. The molecule has 0 spiro atoms. The molecule has 1 aliphatic rings. The Hall–Kier alpha value is -2.62. The second-order valence-electron chi connectivity index (χ2n) is 7.12. The highest BCUT2D eigenvalue weighted by Crippen LogP contribution is 2.34. The number of nitrogens with zero attached hydrogens (tertiary/aromatic N) is 1. The number of carbonyl (C=O) groups is 3. The van der Waals surface area contributed by atoms with Gasteiger partial charge in [-0.1, -0.05) is 0 Å². The summed E-state index contributed by atoms with van der Waals surface area (Å²) in [6.45, 7) is 6.63. The molecular weight excluding hydrogens is 386 g/mol. The van der Waals surface area contributed by atoms with Gasteiger partial charge in [-0.25, -0.2) is 18.0 Å². The fraction of sp³-hybridized carbons (Fsp3) is 0.500. The van der Waals surface area contributed by atoms with Crippen molar-refractivity contribution >= 4 is 33.6 Å². The number of carbonyl (C=O) groups excluding carboxylic acids is 3. The van der Waals surface area contributed by atoms with Gasteiger partial charge in [-0.05, 0) is 57.9 Å². The van der Waals surface area contributed by atoms with E-state index in [4.69, 9.17) is 4.74 Å². The molecule has 0 unspecified atom stereocenters. The summed E-state index contributed by atoms with van der Waals surface area (Å²) in [4.78, 5) is 35.9. The Morgan fingerprint density at radius 2 is 1.86 bits per heavy atom. The molecule has 28 heavy (non-hydrogen) atoms. The molecule has 2 rings (SSSR count). The number of sulfonamides is 1. The van der Waals surface area contributed by atoms with Gasteiger partial charge in [-0.2, -0.15) is 0 Å². The number of hydrogen-bond donors (Lipinski definition) is 2. The van der Waals surface area contributed by atoms with E-state index in [-0.39, 0.29) is 17.6 Å². The summed E-state index contributed by atoms with van der Waals surface area (Å²) in [7, 11) is -3.42. The maximum atomic E-state index is 12.3. The predicted octanol–water partition coefficient (Wildman–Crippen LogP) is 1.18. The molecule has 0 fully saturated rings. The van der Waals surface area contributed by atoms with Crippen molar-refractivity contribution in [1.29, 1.82) is 0 Å². The molecule has 0 saturated carbocycles. The summed E-state index contributed by atoms with van der Waals surface area (Å²) >= 11 is 0. The van der Waals surface area contributed by atoms with E-state index in [0.29, 0.717) is 17.7 Å². The largest absolute Gasteiger partial charge is 0.449 e. The zero-order valence-corrected chi connectivity index (χ0v) is 17.3. The quantitative estimate of drug-likeness (QED) is 0.702. The average molecular weight is 411 g/mol. The number of imide groups is 1. The fourth-order valence-electron chi connectivity index (χ4n) is 3.03. The van der Waals surface area contributed by atoms with E-state index in [0.717, 1.165) is 6.26 Å². The Balaban J connectivity index is 2.07. The summed E-state index contributed by atoms with van der Waals surface area (Å²) in [5.74, 6) is -1.48. The summed E-state index contributed by atoms with van der Waals surface area (Å²) < 4.78 is 30.4. The van der Waals surface area contributed by atoms with Crippen LogP contribution >= 0.6 is 0 Å². The third kappa shape index (κ3) is 5.00. The zero-order valence-electron chi connectivity index (χ0n) is 16.5. The number of benzene rings is 1. The molecule has 9 nitrogen and oxygen atoms in total. The van der Waals surface area contributed by atoms with E-state index in [1.54, 1.807) is 32.9 Å². The van der Waals surface area contributed by atoms with Crippen molar-refractivity contribution in [3.05, 3.63) is 29.3 Å². The van der Waals surface area contributed by atoms with E-state index in [1.807, 2.05) is 0 Å². The number of rotatable bonds is 5. The lowest BCUT2D eigenvalue weighted by Crippen LogP contribution is -2.46. The molecule has 3 amide bonds. The third-order valence-corrected chi connectivity index (χ3v) is 5.41. The number of ether oxygens (including phenoxy) is 1. The first-order chi connectivity index (χ1) is 12.9. The van der Waals surface area contributed by atoms with Gasteiger partial charge < -0.3 is 10.1 Å². The monoisotopic (exact) mass is 411 g/mol. The van der Waals surface area contributed by atoms with E-state index < -0.39 is 34.0 Å². The van der Waals surface area contributed by atoms with Gasteiger partial charge in [0, 0.05) is 12.1 Å². The van der Waals surface area contributed by atoms with Gasteiger partial charge in [-0.15, -0.1) is 0 Å². The summed E-state index contributed by atoms with van der Waals surface area (Å²) in [6.07, 6.45) is 0.427. The smallest absolute Gasteiger partial charge is 0.338 e. The average Bonchev–Trinajstić information content (AvgIpc) is 2.88. The SMILES string of the molecule is CC(C)NC(=O)NC(=O)[C@H](C)OC(=O)c1ccc2c(c1)C[C@@H](C)N2S(C)(=O)=O. The van der Waals surface area contributed by atoms with Crippen molar-refractivity contribution in [3.8, 4) is 0 Å². The number of anilines is 1. The number of fused-ring (bicyclic) bond motifs is 1. The van der Waals surface area contributed by atoms with Crippen LogP contribution in [0, 0.1) is 0 Å². The summed E-state index contributed by atoms with van der Waals surface area (Å²) in [5.41, 5.74) is 1.44. The van der Waals surface area contributed by atoms with Gasteiger partial charge in [0.2, 0.25) is 10.0 Å². The number of urea groups is 1. The first-order valence-electron chi connectivity index (χ1n) is 8.84. The molecule has 1 aromatic rings. The lowest BCUT2D eigenvalue weighted by molar-refractivity contribution is -0.127. The number of nitrogens with one attached hydrogen (secondary N) is 2. The Bertz CT molecular complexity index is 897. The van der Waals surface area contributed by atoms with Crippen LogP contribution in [0.3, 0.4) is 0 Å². The molecule has 1 aromatic carbocycles. The highest BCUT2D eigenvalue weighted by atomic mass is 32.2. The second-order valence-corrected chi connectivity index (χ2v) is 8.98. The molecular formula is C18H25N3O6S. The van der Waals surface area contributed by atoms with Gasteiger partial charge in [0.25, 0.3) is 5.91 Å². The molecule has 1 heterocycles. The van der Waals surface area contributed by atoms with Gasteiger partial charge in [0.15, 0.2) is 6.10 Å². The maximum Gasteiger partial charge on any atom is 0.338 e. The molecule has 1 aliphatic heterocycles. The van der Waals surface area contributed by atoms with Crippen LogP contribution in [0.15, 0.2) is 18.2 Å². The van der Waals surface area contributed by atoms with Gasteiger partial charge in [-0.3, -0.25) is 14.4 Å². The Morgan fingerprint density at radius 3 is 2.43 bits per heavy atom. The number of amides is 3. The van der Waals surface area contributed by atoms with Crippen LogP contribution in [0.5, 0.6) is 0 Å². The number of esters is 1. The standard InChI is InChI=1S/C18H25N3O6S/c1-10(2)19-18(24)20-16(22)12(4)27-17(23)13-6-7-15-14(9-13)8-11(3)21(15)28(5,25)26/h6-7,9-12H,8H2,1-5H3,(H2,19,20,22,24)/t11-,12+/m1/s1. The van der Waals surface area contributed by atoms with Crippen LogP contribution in [0.2, 0.25) is 0 Å². The minimum absolute atomic E-state index is 0.147. The fourth-order valence-corrected chi connectivity index (χ4v) is 4.29. The lowest BCUT2D eigenvalue weighted by atomic mass is 10.1. The van der Waals surface area contributed by atoms with Gasteiger partial charge in [0.05, 0.1) is 17.5 Å². The predicted molar refractivity (Wildman–Crippen MR) is 104 cm³/mol. The normalized spacial score (nSPS) is 17.1. The van der Waals surface area contributed by atoms with Crippen molar-refractivity contribution in [1.82, 2.24) is 10.6 Å². The van der Waals surface area contributed by atoms with E-state index >= 15 is 0 Å². The van der Waals surface area contributed by atoms with Crippen molar-refractivity contribution in [2.24, 2.45) is 0 Å². The molecule has 0 aliphatic carbocycles. The molecule has 0 aromatic heterocycles. The molecule has 10 heteroatoms. The molecule has 154 valence electrons. The minimum Gasteiger partial charge on any atom is -0.449 e. The van der Waals surface area contributed by atoms with Crippen molar-refractivity contribution in [2.75, 3.05) is 10.6 Å². The molecule has 0 saturated heterocycles. The summed E-state index contributed by atoms with van der Waals surface area (Å²) in [6, 6.07) is 3.50. The minimum atomic E-state index is -3.42. The highest BCUT2D eigenvalue weighted by Gasteiger charge is 2.33. The zero-order chi connectivity index (χ0) is 21.2. The van der Waals surface area contributed by atoms with Gasteiger partial charge in [0.1, 0.15) is 0 Å². The summed E-state index contributed by atoms with van der Waals surface area (Å²) in [5, 5.41) is 4.60. The van der Waals surface area contributed by atoms with Crippen LogP contribution < -0.4 is 14.9 Å².